The molecule has 33 heavy (non-hydrogen) atoms. The van der Waals surface area contributed by atoms with Crippen molar-refractivity contribution in [2.75, 3.05) is 30.4 Å². The highest BCUT2D eigenvalue weighted by molar-refractivity contribution is 7.89. The predicted octanol–water partition coefficient (Wildman–Crippen LogP) is 4.36. The molecule has 7 heteroatoms. The first-order valence-corrected chi connectivity index (χ1v) is 12.6. The molecule has 1 saturated heterocycles. The largest absolute Gasteiger partial charge is 0.369 e. The van der Waals surface area contributed by atoms with Gasteiger partial charge < -0.3 is 10.2 Å². The summed E-state index contributed by atoms with van der Waals surface area (Å²) < 4.78 is 27.2. The Morgan fingerprint density at radius 1 is 0.909 bits per heavy atom. The fourth-order valence-electron chi connectivity index (χ4n) is 4.19. The van der Waals surface area contributed by atoms with Crippen LogP contribution >= 0.6 is 0 Å². The van der Waals surface area contributed by atoms with E-state index >= 15 is 0 Å². The molecule has 0 bridgehead atoms. The highest BCUT2D eigenvalue weighted by Gasteiger charge is 2.32. The van der Waals surface area contributed by atoms with E-state index in [4.69, 9.17) is 0 Å². The number of para-hydroxylation sites is 2. The average Bonchev–Trinajstić information content (AvgIpc) is 2.85. The standard InChI is InChI=1S/C26H29N3O3S/c1-28(20-21-10-4-2-5-11-21)25-15-9-8-14-24(25)27-26(30)22-16-18-29(19-17-22)33(31,32)23-12-6-3-7-13-23/h2-15,22H,16-20H2,1H3,(H,27,30). The highest BCUT2D eigenvalue weighted by atomic mass is 32.2. The molecule has 1 aliphatic rings. The second-order valence-corrected chi connectivity index (χ2v) is 10.3. The number of carbonyl (C=O) groups excluding carboxylic acids is 1. The molecule has 0 unspecified atom stereocenters. The number of amides is 1. The Hall–Kier alpha value is -3.16. The van der Waals surface area contributed by atoms with Gasteiger partial charge in [-0.15, -0.1) is 0 Å². The minimum atomic E-state index is -3.52. The first-order valence-electron chi connectivity index (χ1n) is 11.2. The van der Waals surface area contributed by atoms with Gasteiger partial charge in [-0.3, -0.25) is 4.79 Å². The van der Waals surface area contributed by atoms with Crippen molar-refractivity contribution in [1.82, 2.24) is 4.31 Å². The van der Waals surface area contributed by atoms with E-state index in [1.807, 2.05) is 49.5 Å². The maximum absolute atomic E-state index is 13.0. The van der Waals surface area contributed by atoms with Crippen LogP contribution in [0.5, 0.6) is 0 Å². The van der Waals surface area contributed by atoms with Crippen molar-refractivity contribution in [2.45, 2.75) is 24.3 Å². The highest BCUT2D eigenvalue weighted by Crippen LogP contribution is 2.29. The SMILES string of the molecule is CN(Cc1ccccc1)c1ccccc1NC(=O)C1CCN(S(=O)(=O)c2ccccc2)CC1. The summed E-state index contributed by atoms with van der Waals surface area (Å²) in [5, 5.41) is 3.08. The molecule has 1 fully saturated rings. The zero-order valence-electron chi connectivity index (χ0n) is 18.7. The van der Waals surface area contributed by atoms with Crippen LogP contribution in [0.15, 0.2) is 89.8 Å². The van der Waals surface area contributed by atoms with Gasteiger partial charge in [0.1, 0.15) is 0 Å². The normalized spacial score (nSPS) is 15.2. The van der Waals surface area contributed by atoms with Gasteiger partial charge in [0.2, 0.25) is 15.9 Å². The number of benzene rings is 3. The number of nitrogens with one attached hydrogen (secondary N) is 1. The fourth-order valence-corrected chi connectivity index (χ4v) is 5.68. The molecular formula is C26H29N3O3S. The Balaban J connectivity index is 1.39. The van der Waals surface area contributed by atoms with Gasteiger partial charge in [0.25, 0.3) is 0 Å². The maximum Gasteiger partial charge on any atom is 0.243 e. The van der Waals surface area contributed by atoms with Crippen LogP contribution in [0.2, 0.25) is 0 Å². The first kappa shape index (κ1) is 23.0. The second kappa shape index (κ2) is 10.2. The van der Waals surface area contributed by atoms with E-state index in [1.54, 1.807) is 30.3 Å². The number of hydrogen-bond donors (Lipinski definition) is 1. The van der Waals surface area contributed by atoms with Crippen molar-refractivity contribution in [3.63, 3.8) is 0 Å². The Labute approximate surface area is 195 Å². The van der Waals surface area contributed by atoms with Crippen LogP contribution in [0.4, 0.5) is 11.4 Å². The summed E-state index contributed by atoms with van der Waals surface area (Å²) in [6, 6.07) is 26.4. The molecule has 3 aromatic carbocycles. The zero-order valence-corrected chi connectivity index (χ0v) is 19.5. The number of hydrogen-bond acceptors (Lipinski definition) is 4. The zero-order chi connectivity index (χ0) is 23.3. The summed E-state index contributed by atoms with van der Waals surface area (Å²) in [7, 11) is -1.52. The molecule has 1 aliphatic heterocycles. The summed E-state index contributed by atoms with van der Waals surface area (Å²) in [6.07, 6.45) is 1.000. The Morgan fingerprint density at radius 2 is 1.48 bits per heavy atom. The van der Waals surface area contributed by atoms with Crippen LogP contribution in [0.3, 0.4) is 0 Å². The molecule has 0 aliphatic carbocycles. The number of rotatable bonds is 7. The Morgan fingerprint density at radius 3 is 2.15 bits per heavy atom. The molecule has 1 heterocycles. The lowest BCUT2D eigenvalue weighted by Gasteiger charge is -2.31. The lowest BCUT2D eigenvalue weighted by atomic mass is 9.97. The van der Waals surface area contributed by atoms with Gasteiger partial charge in [-0.25, -0.2) is 8.42 Å². The molecule has 0 radical (unpaired) electrons. The summed E-state index contributed by atoms with van der Waals surface area (Å²) in [5.41, 5.74) is 2.90. The summed E-state index contributed by atoms with van der Waals surface area (Å²) in [4.78, 5) is 15.4. The second-order valence-electron chi connectivity index (χ2n) is 8.34. The number of piperidine rings is 1. The third kappa shape index (κ3) is 5.43. The van der Waals surface area contributed by atoms with E-state index in [9.17, 15) is 13.2 Å². The predicted molar refractivity (Wildman–Crippen MR) is 132 cm³/mol. The number of nitrogens with zero attached hydrogens (tertiary/aromatic N) is 2. The van der Waals surface area contributed by atoms with Crippen LogP contribution in [0.1, 0.15) is 18.4 Å². The van der Waals surface area contributed by atoms with Gasteiger partial charge >= 0.3 is 0 Å². The third-order valence-electron chi connectivity index (χ3n) is 6.04. The lowest BCUT2D eigenvalue weighted by Crippen LogP contribution is -2.41. The maximum atomic E-state index is 13.0. The molecule has 172 valence electrons. The van der Waals surface area contributed by atoms with Gasteiger partial charge in [0, 0.05) is 32.6 Å². The average molecular weight is 464 g/mol. The number of carbonyl (C=O) groups is 1. The Bertz CT molecular complexity index is 1180. The molecule has 1 amide bonds. The number of sulfonamides is 1. The molecule has 1 N–H and O–H groups in total. The quantitative estimate of drug-likeness (QED) is 0.565. The van der Waals surface area contributed by atoms with Gasteiger partial charge in [-0.05, 0) is 42.7 Å². The molecule has 6 nitrogen and oxygen atoms in total. The molecule has 4 rings (SSSR count). The van der Waals surface area contributed by atoms with Crippen LogP contribution < -0.4 is 10.2 Å². The summed E-state index contributed by atoms with van der Waals surface area (Å²) in [5.74, 6) is -0.285. The molecule has 0 atom stereocenters. The van der Waals surface area contributed by atoms with Crippen molar-refractivity contribution < 1.29 is 13.2 Å². The number of anilines is 2. The van der Waals surface area contributed by atoms with Crippen molar-refractivity contribution in [3.8, 4) is 0 Å². The summed E-state index contributed by atoms with van der Waals surface area (Å²) in [6.45, 7) is 1.40. The van der Waals surface area contributed by atoms with E-state index in [2.05, 4.69) is 22.3 Å². The molecule has 0 aromatic heterocycles. The molecule has 0 saturated carbocycles. The molecular weight excluding hydrogens is 434 g/mol. The third-order valence-corrected chi connectivity index (χ3v) is 7.95. The topological polar surface area (TPSA) is 69.7 Å². The minimum Gasteiger partial charge on any atom is -0.369 e. The lowest BCUT2D eigenvalue weighted by molar-refractivity contribution is -0.120. The van der Waals surface area contributed by atoms with Crippen molar-refractivity contribution in [1.29, 1.82) is 0 Å². The summed E-state index contributed by atoms with van der Waals surface area (Å²) >= 11 is 0. The Kier molecular flexibility index (Phi) is 7.11. The van der Waals surface area contributed by atoms with Crippen molar-refractivity contribution in [3.05, 3.63) is 90.5 Å². The first-order chi connectivity index (χ1) is 15.9. The van der Waals surface area contributed by atoms with E-state index in [0.29, 0.717) is 30.8 Å². The van der Waals surface area contributed by atoms with Crippen molar-refractivity contribution >= 4 is 27.3 Å². The fraction of sp³-hybridized carbons (Fsp3) is 0.269. The van der Waals surface area contributed by atoms with E-state index < -0.39 is 10.0 Å². The molecule has 3 aromatic rings. The van der Waals surface area contributed by atoms with Gasteiger partial charge in [-0.2, -0.15) is 4.31 Å². The van der Waals surface area contributed by atoms with Crippen LogP contribution in [0.25, 0.3) is 0 Å². The van der Waals surface area contributed by atoms with E-state index in [0.717, 1.165) is 17.9 Å². The van der Waals surface area contributed by atoms with Gasteiger partial charge in [0.15, 0.2) is 0 Å². The molecule has 0 spiro atoms. The van der Waals surface area contributed by atoms with Crippen molar-refractivity contribution in [2.24, 2.45) is 5.92 Å². The van der Waals surface area contributed by atoms with Gasteiger partial charge in [0.05, 0.1) is 16.3 Å². The van der Waals surface area contributed by atoms with E-state index in [1.165, 1.54) is 9.87 Å². The van der Waals surface area contributed by atoms with E-state index in [-0.39, 0.29) is 11.8 Å². The van der Waals surface area contributed by atoms with Crippen LogP contribution in [0, 0.1) is 5.92 Å². The minimum absolute atomic E-state index is 0.0627. The monoisotopic (exact) mass is 463 g/mol. The van der Waals surface area contributed by atoms with Crippen LogP contribution in [-0.4, -0.2) is 38.8 Å². The van der Waals surface area contributed by atoms with Gasteiger partial charge in [-0.1, -0.05) is 60.7 Å². The smallest absolute Gasteiger partial charge is 0.243 e. The van der Waals surface area contributed by atoms with Crippen LogP contribution in [-0.2, 0) is 21.4 Å².